The molecule has 0 fully saturated rings. The van der Waals surface area contributed by atoms with Crippen molar-refractivity contribution < 1.29 is 27.9 Å². The zero-order valence-corrected chi connectivity index (χ0v) is 14.9. The first-order valence-electron chi connectivity index (χ1n) is 7.37. The van der Waals surface area contributed by atoms with Crippen LogP contribution in [0.5, 0.6) is 0 Å². The van der Waals surface area contributed by atoms with Crippen LogP contribution in [-0.4, -0.2) is 44.1 Å². The highest BCUT2D eigenvalue weighted by molar-refractivity contribution is 7.92. The normalized spacial score (nSPS) is 12.1. The smallest absolute Gasteiger partial charge is 0.303 e. The molecule has 0 aliphatic carbocycles. The van der Waals surface area contributed by atoms with Gasteiger partial charge in [0.25, 0.3) is 5.91 Å². The Balaban J connectivity index is 3.03. The number of rotatable bonds is 8. The van der Waals surface area contributed by atoms with Crippen LogP contribution >= 0.6 is 0 Å². The first-order chi connectivity index (χ1) is 11.5. The number of hydrogen-bond donors (Lipinski definition) is 4. The Labute approximate surface area is 145 Å². The van der Waals surface area contributed by atoms with Crippen molar-refractivity contribution in [2.75, 3.05) is 22.8 Å². The van der Waals surface area contributed by atoms with Crippen molar-refractivity contribution >= 4 is 39.2 Å². The monoisotopic (exact) mass is 371 g/mol. The Morgan fingerprint density at radius 2 is 1.88 bits per heavy atom. The number of carboxylic acids is 1. The highest BCUT2D eigenvalue weighted by Gasteiger charge is 2.17. The third kappa shape index (κ3) is 7.66. The molecule has 0 radical (unpaired) electrons. The average Bonchev–Trinajstić information content (AvgIpc) is 2.43. The summed E-state index contributed by atoms with van der Waals surface area (Å²) in [6, 6.07) is 4.16. The number of carbonyl (C=O) groups excluding carboxylic acids is 2. The van der Waals surface area contributed by atoms with E-state index in [-0.39, 0.29) is 36.0 Å². The van der Waals surface area contributed by atoms with E-state index in [4.69, 9.17) is 5.11 Å². The fraction of sp³-hybridized carbons (Fsp3) is 0.400. The molecule has 9 nitrogen and oxygen atoms in total. The minimum absolute atomic E-state index is 0.0131. The lowest BCUT2D eigenvalue weighted by Crippen LogP contribution is -2.30. The molecule has 0 bridgehead atoms. The zero-order chi connectivity index (χ0) is 19.2. The maximum absolute atomic E-state index is 12.4. The molecule has 2 amide bonds. The number of carboxylic acid groups (broad SMARTS) is 1. The van der Waals surface area contributed by atoms with Crippen molar-refractivity contribution in [2.45, 2.75) is 20.3 Å². The van der Waals surface area contributed by atoms with E-state index >= 15 is 0 Å². The fourth-order valence-corrected chi connectivity index (χ4v) is 2.61. The van der Waals surface area contributed by atoms with Crippen molar-refractivity contribution in [3.05, 3.63) is 23.8 Å². The second kappa shape index (κ2) is 8.47. The number of carbonyl (C=O) groups is 3. The van der Waals surface area contributed by atoms with Gasteiger partial charge in [0, 0.05) is 25.6 Å². The number of nitrogens with one attached hydrogen (secondary N) is 3. The van der Waals surface area contributed by atoms with E-state index in [0.29, 0.717) is 5.69 Å². The Bertz CT molecular complexity index is 775. The minimum Gasteiger partial charge on any atom is -0.481 e. The molecular formula is C15H21N3O6S. The van der Waals surface area contributed by atoms with Crippen LogP contribution in [-0.2, 0) is 19.6 Å². The van der Waals surface area contributed by atoms with Crippen LogP contribution in [0.2, 0.25) is 0 Å². The van der Waals surface area contributed by atoms with Gasteiger partial charge in [-0.05, 0) is 24.1 Å². The molecule has 1 aromatic carbocycles. The molecule has 1 rings (SSSR count). The van der Waals surface area contributed by atoms with Gasteiger partial charge in [0.2, 0.25) is 15.9 Å². The number of hydrogen-bond acceptors (Lipinski definition) is 5. The molecule has 0 aliphatic rings. The standard InChI is InChI=1S/C15H21N3O6S/c1-9(6-14(20)21)8-16-15(22)12-7-11(17-10(2)19)4-5-13(12)18-25(3,23)24/h4-5,7,9,18H,6,8H2,1-3H3,(H,16,22)(H,17,19)(H,20,21). The van der Waals surface area contributed by atoms with Gasteiger partial charge in [-0.3, -0.25) is 19.1 Å². The summed E-state index contributed by atoms with van der Waals surface area (Å²) >= 11 is 0. The third-order valence-corrected chi connectivity index (χ3v) is 3.60. The van der Waals surface area contributed by atoms with Crippen LogP contribution in [0.15, 0.2) is 18.2 Å². The summed E-state index contributed by atoms with van der Waals surface area (Å²) in [6.45, 7) is 3.07. The Morgan fingerprint density at radius 3 is 2.40 bits per heavy atom. The van der Waals surface area contributed by atoms with E-state index in [0.717, 1.165) is 6.26 Å². The zero-order valence-electron chi connectivity index (χ0n) is 14.1. The quantitative estimate of drug-likeness (QED) is 0.534. The molecule has 0 saturated carbocycles. The second-order valence-electron chi connectivity index (χ2n) is 5.73. The fourth-order valence-electron chi connectivity index (χ4n) is 2.03. The summed E-state index contributed by atoms with van der Waals surface area (Å²) in [7, 11) is -3.61. The van der Waals surface area contributed by atoms with Crippen LogP contribution in [0.4, 0.5) is 11.4 Å². The molecule has 1 atom stereocenters. The van der Waals surface area contributed by atoms with Crippen LogP contribution in [0.1, 0.15) is 30.6 Å². The predicted octanol–water partition coefficient (Wildman–Crippen LogP) is 0.857. The molecule has 0 aliphatic heterocycles. The molecule has 0 aromatic heterocycles. The van der Waals surface area contributed by atoms with Gasteiger partial charge < -0.3 is 15.7 Å². The van der Waals surface area contributed by atoms with Gasteiger partial charge in [-0.2, -0.15) is 0 Å². The number of aliphatic carboxylic acids is 1. The van der Waals surface area contributed by atoms with Gasteiger partial charge in [-0.15, -0.1) is 0 Å². The molecule has 25 heavy (non-hydrogen) atoms. The summed E-state index contributed by atoms with van der Waals surface area (Å²) in [5.41, 5.74) is 0.398. The van der Waals surface area contributed by atoms with E-state index < -0.39 is 21.9 Å². The van der Waals surface area contributed by atoms with Crippen molar-refractivity contribution in [2.24, 2.45) is 5.92 Å². The van der Waals surface area contributed by atoms with Crippen LogP contribution < -0.4 is 15.4 Å². The molecule has 10 heteroatoms. The summed E-state index contributed by atoms with van der Waals surface area (Å²) in [4.78, 5) is 34.2. The minimum atomic E-state index is -3.61. The molecule has 138 valence electrons. The summed E-state index contributed by atoms with van der Waals surface area (Å²) in [5, 5.41) is 13.8. The Morgan fingerprint density at radius 1 is 1.24 bits per heavy atom. The lowest BCUT2D eigenvalue weighted by Gasteiger charge is -2.15. The second-order valence-corrected chi connectivity index (χ2v) is 7.48. The number of sulfonamides is 1. The van der Waals surface area contributed by atoms with E-state index in [1.165, 1.54) is 25.1 Å². The first-order valence-corrected chi connectivity index (χ1v) is 9.26. The van der Waals surface area contributed by atoms with Crippen molar-refractivity contribution in [1.82, 2.24) is 5.32 Å². The summed E-state index contributed by atoms with van der Waals surface area (Å²) in [6.07, 6.45) is 0.839. The predicted molar refractivity (Wildman–Crippen MR) is 93.0 cm³/mol. The first kappa shape index (κ1) is 20.4. The number of benzene rings is 1. The summed E-state index contributed by atoms with van der Waals surface area (Å²) < 4.78 is 25.1. The van der Waals surface area contributed by atoms with Crippen LogP contribution in [0.3, 0.4) is 0 Å². The van der Waals surface area contributed by atoms with E-state index in [2.05, 4.69) is 15.4 Å². The van der Waals surface area contributed by atoms with E-state index in [1.807, 2.05) is 0 Å². The molecule has 4 N–H and O–H groups in total. The Hall–Kier alpha value is -2.62. The van der Waals surface area contributed by atoms with Crippen LogP contribution in [0, 0.1) is 5.92 Å². The van der Waals surface area contributed by atoms with Gasteiger partial charge in [0.15, 0.2) is 0 Å². The lowest BCUT2D eigenvalue weighted by atomic mass is 10.1. The van der Waals surface area contributed by atoms with Gasteiger partial charge in [-0.1, -0.05) is 6.92 Å². The molecule has 0 heterocycles. The lowest BCUT2D eigenvalue weighted by molar-refractivity contribution is -0.137. The van der Waals surface area contributed by atoms with Crippen molar-refractivity contribution in [3.8, 4) is 0 Å². The molecular weight excluding hydrogens is 350 g/mol. The highest BCUT2D eigenvalue weighted by atomic mass is 32.2. The number of anilines is 2. The van der Waals surface area contributed by atoms with Gasteiger partial charge in [0.05, 0.1) is 17.5 Å². The highest BCUT2D eigenvalue weighted by Crippen LogP contribution is 2.22. The molecule has 1 unspecified atom stereocenters. The van der Waals surface area contributed by atoms with Crippen molar-refractivity contribution in [1.29, 1.82) is 0 Å². The summed E-state index contributed by atoms with van der Waals surface area (Å²) in [5.74, 6) is -2.21. The van der Waals surface area contributed by atoms with Gasteiger partial charge in [-0.25, -0.2) is 8.42 Å². The van der Waals surface area contributed by atoms with E-state index in [9.17, 15) is 22.8 Å². The van der Waals surface area contributed by atoms with Gasteiger partial charge >= 0.3 is 5.97 Å². The van der Waals surface area contributed by atoms with Crippen LogP contribution in [0.25, 0.3) is 0 Å². The average molecular weight is 371 g/mol. The SMILES string of the molecule is CC(=O)Nc1ccc(NS(C)(=O)=O)c(C(=O)NCC(C)CC(=O)O)c1. The van der Waals surface area contributed by atoms with E-state index in [1.54, 1.807) is 6.92 Å². The topological polar surface area (TPSA) is 142 Å². The molecule has 0 saturated heterocycles. The van der Waals surface area contributed by atoms with Crippen molar-refractivity contribution in [3.63, 3.8) is 0 Å². The Kier molecular flexibility index (Phi) is 6.92. The maximum Gasteiger partial charge on any atom is 0.303 e. The number of amides is 2. The third-order valence-electron chi connectivity index (χ3n) is 3.01. The molecule has 0 spiro atoms. The maximum atomic E-state index is 12.4. The largest absolute Gasteiger partial charge is 0.481 e. The van der Waals surface area contributed by atoms with Gasteiger partial charge in [0.1, 0.15) is 0 Å². The molecule has 1 aromatic rings.